The molecule has 10 heteroatoms. The monoisotopic (exact) mass is 348 g/mol. The predicted molar refractivity (Wildman–Crippen MR) is 77.1 cm³/mol. The summed E-state index contributed by atoms with van der Waals surface area (Å²) in [6.07, 6.45) is -4.70. The molecule has 0 aliphatic carbocycles. The maximum atomic E-state index is 13.1. The molecule has 0 aromatic heterocycles. The summed E-state index contributed by atoms with van der Waals surface area (Å²) in [7, 11) is 0. The van der Waals surface area contributed by atoms with Crippen molar-refractivity contribution in [3.63, 3.8) is 0 Å². The van der Waals surface area contributed by atoms with E-state index in [1.165, 1.54) is 18.2 Å². The van der Waals surface area contributed by atoms with Crippen LogP contribution in [0.5, 0.6) is 5.75 Å². The molecule has 1 aliphatic heterocycles. The van der Waals surface area contributed by atoms with Gasteiger partial charge in [0.15, 0.2) is 5.75 Å². The van der Waals surface area contributed by atoms with Gasteiger partial charge in [-0.15, -0.1) is 0 Å². The third kappa shape index (κ3) is 3.36. The van der Waals surface area contributed by atoms with Crippen molar-refractivity contribution in [2.24, 2.45) is 11.8 Å². The molecule has 24 heavy (non-hydrogen) atoms. The molecule has 0 bridgehead atoms. The molecule has 1 aromatic carbocycles. The molecule has 1 heterocycles. The number of carboxylic acids is 1. The molecule has 1 aliphatic rings. The molecule has 1 saturated heterocycles. The van der Waals surface area contributed by atoms with E-state index in [2.05, 4.69) is 0 Å². The number of alkyl halides is 3. The number of carbonyl (C=O) groups is 1. The number of hydrogen-bond donors (Lipinski definition) is 1. The summed E-state index contributed by atoms with van der Waals surface area (Å²) in [4.78, 5) is 22.8. The van der Waals surface area contributed by atoms with Crippen LogP contribution in [0.4, 0.5) is 24.5 Å². The molecular weight excluding hydrogens is 333 g/mol. The third-order valence-corrected chi connectivity index (χ3v) is 3.86. The molecule has 0 unspecified atom stereocenters. The van der Waals surface area contributed by atoms with Crippen LogP contribution in [-0.4, -0.2) is 41.9 Å². The molecule has 132 valence electrons. The molecule has 1 aromatic rings. The Kier molecular flexibility index (Phi) is 4.86. The minimum Gasteiger partial charge on any atom is -0.487 e. The van der Waals surface area contributed by atoms with E-state index in [4.69, 9.17) is 9.84 Å². The van der Waals surface area contributed by atoms with Gasteiger partial charge in [0.2, 0.25) is 0 Å². The number of carboxylic acid groups (broad SMARTS) is 1. The van der Waals surface area contributed by atoms with E-state index in [-0.39, 0.29) is 18.0 Å². The van der Waals surface area contributed by atoms with E-state index >= 15 is 0 Å². The predicted octanol–water partition coefficient (Wildman–Crippen LogP) is 2.69. The van der Waals surface area contributed by atoms with Crippen LogP contribution in [0.15, 0.2) is 18.2 Å². The lowest BCUT2D eigenvalue weighted by Crippen LogP contribution is -2.33. The van der Waals surface area contributed by atoms with Gasteiger partial charge in [0, 0.05) is 13.1 Å². The van der Waals surface area contributed by atoms with Gasteiger partial charge >= 0.3 is 17.8 Å². The minimum atomic E-state index is -4.70. The second kappa shape index (κ2) is 6.54. The highest BCUT2D eigenvalue weighted by molar-refractivity contribution is 5.75. The summed E-state index contributed by atoms with van der Waals surface area (Å²) in [6.45, 7) is 0.645. The number of nitro benzene ring substituents is 1. The van der Waals surface area contributed by atoms with Crippen molar-refractivity contribution >= 4 is 17.3 Å². The van der Waals surface area contributed by atoms with Crippen molar-refractivity contribution < 1.29 is 32.7 Å². The highest BCUT2D eigenvalue weighted by Crippen LogP contribution is 2.44. The van der Waals surface area contributed by atoms with E-state index in [1.54, 1.807) is 6.92 Å². The molecule has 2 rings (SSSR count). The standard InChI is InChI=1S/C14H15F3N2O5/c1-2-24-11-5-3-4-10(12(11)19(22)23)18-6-8(13(20)21)9(7-18)14(15,16)17/h3-5,8-9H,2,6-7H2,1H3,(H,20,21)/t8-,9-/m1/s1. The third-order valence-electron chi connectivity index (χ3n) is 3.86. The number of benzene rings is 1. The van der Waals surface area contributed by atoms with Crippen LogP contribution in [0.25, 0.3) is 0 Å². The Morgan fingerprint density at radius 2 is 2.12 bits per heavy atom. The van der Waals surface area contributed by atoms with Crippen LogP contribution in [0, 0.1) is 22.0 Å². The molecule has 0 saturated carbocycles. The van der Waals surface area contributed by atoms with Crippen LogP contribution in [-0.2, 0) is 4.79 Å². The van der Waals surface area contributed by atoms with E-state index in [0.29, 0.717) is 0 Å². The lowest BCUT2D eigenvalue weighted by Gasteiger charge is -2.20. The number of nitrogens with zero attached hydrogens (tertiary/aromatic N) is 2. The molecule has 7 nitrogen and oxygen atoms in total. The van der Waals surface area contributed by atoms with Crippen molar-refractivity contribution in [2.45, 2.75) is 13.1 Å². The topological polar surface area (TPSA) is 92.9 Å². The zero-order chi connectivity index (χ0) is 18.1. The van der Waals surface area contributed by atoms with Crippen molar-refractivity contribution in [2.75, 3.05) is 24.6 Å². The Labute approximate surface area is 134 Å². The van der Waals surface area contributed by atoms with Crippen LogP contribution < -0.4 is 9.64 Å². The number of ether oxygens (including phenoxy) is 1. The first-order valence-electron chi connectivity index (χ1n) is 7.11. The first-order chi connectivity index (χ1) is 11.2. The Morgan fingerprint density at radius 1 is 1.46 bits per heavy atom. The minimum absolute atomic E-state index is 0.0673. The van der Waals surface area contributed by atoms with Gasteiger partial charge < -0.3 is 14.7 Å². The van der Waals surface area contributed by atoms with Gasteiger partial charge in [-0.05, 0) is 19.1 Å². The number of rotatable bonds is 5. The molecule has 1 fully saturated rings. The lowest BCUT2D eigenvalue weighted by molar-refractivity contribution is -0.385. The van der Waals surface area contributed by atoms with Gasteiger partial charge in [-0.1, -0.05) is 6.07 Å². The van der Waals surface area contributed by atoms with Crippen molar-refractivity contribution in [3.8, 4) is 5.75 Å². The van der Waals surface area contributed by atoms with Gasteiger partial charge in [-0.3, -0.25) is 14.9 Å². The summed E-state index contributed by atoms with van der Waals surface area (Å²) in [5.41, 5.74) is -0.546. The smallest absolute Gasteiger partial charge is 0.394 e. The molecule has 0 amide bonds. The van der Waals surface area contributed by atoms with Crippen LogP contribution in [0.1, 0.15) is 6.92 Å². The number of para-hydroxylation sites is 1. The Balaban J connectivity index is 2.44. The zero-order valence-electron chi connectivity index (χ0n) is 12.6. The number of nitro groups is 1. The fourth-order valence-corrected chi connectivity index (χ4v) is 2.80. The number of hydrogen-bond acceptors (Lipinski definition) is 5. The van der Waals surface area contributed by atoms with Crippen LogP contribution in [0.2, 0.25) is 0 Å². The summed E-state index contributed by atoms with van der Waals surface area (Å²) in [6, 6.07) is 4.06. The van der Waals surface area contributed by atoms with E-state index in [0.717, 1.165) is 4.90 Å². The van der Waals surface area contributed by atoms with Crippen molar-refractivity contribution in [1.82, 2.24) is 0 Å². The maximum absolute atomic E-state index is 13.1. The van der Waals surface area contributed by atoms with Gasteiger partial charge in [-0.2, -0.15) is 13.2 Å². The summed E-state index contributed by atoms with van der Waals surface area (Å²) in [5.74, 6) is -5.42. The highest BCUT2D eigenvalue weighted by Gasteiger charge is 2.53. The summed E-state index contributed by atoms with van der Waals surface area (Å²) < 4.78 is 44.4. The normalized spacial score (nSPS) is 20.9. The van der Waals surface area contributed by atoms with E-state index in [1.807, 2.05) is 0 Å². The fourth-order valence-electron chi connectivity index (χ4n) is 2.80. The number of halogens is 3. The van der Waals surface area contributed by atoms with Gasteiger partial charge in [0.1, 0.15) is 5.69 Å². The quantitative estimate of drug-likeness (QED) is 0.650. The summed E-state index contributed by atoms with van der Waals surface area (Å²) in [5, 5.41) is 20.4. The molecule has 1 N–H and O–H groups in total. The summed E-state index contributed by atoms with van der Waals surface area (Å²) >= 11 is 0. The first kappa shape index (κ1) is 17.8. The second-order valence-electron chi connectivity index (χ2n) is 5.31. The number of aliphatic carboxylic acids is 1. The second-order valence-corrected chi connectivity index (χ2v) is 5.31. The van der Waals surface area contributed by atoms with Gasteiger partial charge in [0.25, 0.3) is 0 Å². The average Bonchev–Trinajstić information content (AvgIpc) is 2.92. The maximum Gasteiger partial charge on any atom is 0.394 e. The Bertz CT molecular complexity index is 650. The number of anilines is 1. The molecule has 2 atom stereocenters. The average molecular weight is 348 g/mol. The van der Waals surface area contributed by atoms with Gasteiger partial charge in [-0.25, -0.2) is 0 Å². The lowest BCUT2D eigenvalue weighted by atomic mass is 9.96. The van der Waals surface area contributed by atoms with E-state index in [9.17, 15) is 28.1 Å². The van der Waals surface area contributed by atoms with Crippen molar-refractivity contribution in [1.29, 1.82) is 0 Å². The highest BCUT2D eigenvalue weighted by atomic mass is 19.4. The first-order valence-corrected chi connectivity index (χ1v) is 7.11. The van der Waals surface area contributed by atoms with Crippen molar-refractivity contribution in [3.05, 3.63) is 28.3 Å². The molecule has 0 radical (unpaired) electrons. The molecular formula is C14H15F3N2O5. The van der Waals surface area contributed by atoms with Crippen LogP contribution >= 0.6 is 0 Å². The van der Waals surface area contributed by atoms with E-state index < -0.39 is 47.7 Å². The van der Waals surface area contributed by atoms with Gasteiger partial charge in [0.05, 0.1) is 23.4 Å². The Morgan fingerprint density at radius 3 is 2.58 bits per heavy atom. The van der Waals surface area contributed by atoms with Crippen LogP contribution in [0.3, 0.4) is 0 Å². The Hall–Kier alpha value is -2.52. The fraction of sp³-hybridized carbons (Fsp3) is 0.500. The SMILES string of the molecule is CCOc1cccc(N2C[C@@H](C(F)(F)F)[C@H](C(=O)O)C2)c1[N+](=O)[O-]. The largest absolute Gasteiger partial charge is 0.487 e. The zero-order valence-corrected chi connectivity index (χ0v) is 12.6. The molecule has 0 spiro atoms.